The first-order valence-electron chi connectivity index (χ1n) is 8.33. The molecule has 0 radical (unpaired) electrons. The van der Waals surface area contributed by atoms with Gasteiger partial charge in [0.1, 0.15) is 11.3 Å². The number of imidazole rings is 1. The van der Waals surface area contributed by atoms with E-state index in [0.717, 1.165) is 40.4 Å². The fourth-order valence-corrected chi connectivity index (χ4v) is 2.99. The van der Waals surface area contributed by atoms with Crippen LogP contribution in [-0.2, 0) is 13.5 Å². The molecule has 0 N–H and O–H groups in total. The highest BCUT2D eigenvalue weighted by Crippen LogP contribution is 2.26. The van der Waals surface area contributed by atoms with E-state index < -0.39 is 0 Å². The molecule has 0 spiro atoms. The Balaban J connectivity index is 1.94. The summed E-state index contributed by atoms with van der Waals surface area (Å²) in [6.45, 7) is 2.13. The number of hydrogen-bond acceptors (Lipinski definition) is 2. The van der Waals surface area contributed by atoms with Gasteiger partial charge in [-0.3, -0.25) is 9.08 Å². The van der Waals surface area contributed by atoms with E-state index in [1.54, 1.807) is 4.68 Å². The number of rotatable bonds is 2. The largest absolute Gasteiger partial charge is 0.285 e. The number of hydrogen-bond donors (Lipinski definition) is 0. The molecular formula is C21H18N4. The van der Waals surface area contributed by atoms with Crippen molar-refractivity contribution < 1.29 is 0 Å². The van der Waals surface area contributed by atoms with E-state index in [9.17, 15) is 0 Å². The lowest BCUT2D eigenvalue weighted by atomic mass is 10.1. The zero-order valence-electron chi connectivity index (χ0n) is 14.3. The van der Waals surface area contributed by atoms with E-state index in [-0.39, 0.29) is 0 Å². The molecule has 25 heavy (non-hydrogen) atoms. The minimum Gasteiger partial charge on any atom is -0.285 e. The highest BCUT2D eigenvalue weighted by atomic mass is 15.2. The van der Waals surface area contributed by atoms with Crippen molar-refractivity contribution in [3.8, 4) is 23.1 Å². The number of pyridine rings is 1. The summed E-state index contributed by atoms with van der Waals surface area (Å²) < 4.78 is 3.90. The molecule has 4 aromatic rings. The molecule has 0 saturated heterocycles. The van der Waals surface area contributed by atoms with Crippen molar-refractivity contribution >= 4 is 5.65 Å². The molecule has 0 atom stereocenters. The van der Waals surface area contributed by atoms with Gasteiger partial charge in [0, 0.05) is 18.8 Å². The summed E-state index contributed by atoms with van der Waals surface area (Å²) in [4.78, 5) is 4.80. The van der Waals surface area contributed by atoms with Gasteiger partial charge in [-0.05, 0) is 36.5 Å². The Labute approximate surface area is 146 Å². The van der Waals surface area contributed by atoms with Crippen LogP contribution in [0.5, 0.6) is 0 Å². The van der Waals surface area contributed by atoms with Crippen molar-refractivity contribution in [2.45, 2.75) is 13.3 Å². The maximum Gasteiger partial charge on any atom is 0.138 e. The van der Waals surface area contributed by atoms with E-state index in [0.29, 0.717) is 0 Å². The topological polar surface area (TPSA) is 35.1 Å². The SMILES string of the molecule is CCc1nc2cccc(C#Cc3ccn(C)n3)n2c1-c1ccccc1. The number of aryl methyl sites for hydroxylation is 2. The fraction of sp³-hybridized carbons (Fsp3) is 0.143. The summed E-state index contributed by atoms with van der Waals surface area (Å²) >= 11 is 0. The van der Waals surface area contributed by atoms with Crippen molar-refractivity contribution in [2.24, 2.45) is 7.05 Å². The third-order valence-electron chi connectivity index (χ3n) is 4.13. The second kappa shape index (κ2) is 6.29. The molecule has 3 aromatic heterocycles. The quantitative estimate of drug-likeness (QED) is 0.527. The molecule has 0 fully saturated rings. The summed E-state index contributed by atoms with van der Waals surface area (Å²) in [6, 6.07) is 18.3. The normalized spacial score (nSPS) is 10.6. The summed E-state index contributed by atoms with van der Waals surface area (Å²) in [7, 11) is 1.89. The van der Waals surface area contributed by atoms with Gasteiger partial charge in [0.15, 0.2) is 0 Å². The maximum absolute atomic E-state index is 4.80. The number of aromatic nitrogens is 4. The predicted molar refractivity (Wildman–Crippen MR) is 99.2 cm³/mol. The molecule has 0 bridgehead atoms. The van der Waals surface area contributed by atoms with Crippen molar-refractivity contribution in [1.82, 2.24) is 19.2 Å². The first kappa shape index (κ1) is 15.2. The Bertz CT molecular complexity index is 1090. The van der Waals surface area contributed by atoms with Crippen LogP contribution < -0.4 is 0 Å². The average molecular weight is 326 g/mol. The van der Waals surface area contributed by atoms with Gasteiger partial charge < -0.3 is 0 Å². The molecule has 4 nitrogen and oxygen atoms in total. The molecule has 122 valence electrons. The highest BCUT2D eigenvalue weighted by Gasteiger charge is 2.14. The van der Waals surface area contributed by atoms with Gasteiger partial charge in [0.05, 0.1) is 17.1 Å². The zero-order valence-corrected chi connectivity index (χ0v) is 14.3. The van der Waals surface area contributed by atoms with Gasteiger partial charge in [-0.2, -0.15) is 5.10 Å². The lowest BCUT2D eigenvalue weighted by Crippen LogP contribution is -1.96. The van der Waals surface area contributed by atoms with Crippen LogP contribution in [0, 0.1) is 11.8 Å². The van der Waals surface area contributed by atoms with Crippen LogP contribution in [0.3, 0.4) is 0 Å². The molecule has 0 aliphatic rings. The Morgan fingerprint density at radius 3 is 2.52 bits per heavy atom. The Hall–Kier alpha value is -3.32. The third-order valence-corrected chi connectivity index (χ3v) is 4.13. The smallest absolute Gasteiger partial charge is 0.138 e. The van der Waals surface area contributed by atoms with E-state index >= 15 is 0 Å². The number of nitrogens with zero attached hydrogens (tertiary/aromatic N) is 4. The average Bonchev–Trinajstić information content (AvgIpc) is 3.24. The number of benzene rings is 1. The first-order valence-corrected chi connectivity index (χ1v) is 8.33. The van der Waals surface area contributed by atoms with Gasteiger partial charge in [-0.1, -0.05) is 43.3 Å². The molecule has 4 heteroatoms. The van der Waals surface area contributed by atoms with E-state index in [1.807, 2.05) is 43.6 Å². The maximum atomic E-state index is 4.80. The highest BCUT2D eigenvalue weighted by molar-refractivity contribution is 5.69. The van der Waals surface area contributed by atoms with Crippen LogP contribution in [0.1, 0.15) is 24.0 Å². The van der Waals surface area contributed by atoms with Gasteiger partial charge in [0.25, 0.3) is 0 Å². The lowest BCUT2D eigenvalue weighted by molar-refractivity contribution is 0.764. The third kappa shape index (κ3) is 2.81. The van der Waals surface area contributed by atoms with Crippen LogP contribution in [0.2, 0.25) is 0 Å². The Morgan fingerprint density at radius 2 is 1.80 bits per heavy atom. The van der Waals surface area contributed by atoms with Gasteiger partial charge in [0.2, 0.25) is 0 Å². The predicted octanol–water partition coefficient (Wildman–Crippen LogP) is 3.70. The van der Waals surface area contributed by atoms with Crippen LogP contribution >= 0.6 is 0 Å². The molecular weight excluding hydrogens is 308 g/mol. The van der Waals surface area contributed by atoms with Crippen LogP contribution in [0.4, 0.5) is 0 Å². The van der Waals surface area contributed by atoms with Gasteiger partial charge >= 0.3 is 0 Å². The standard InChI is InChI=1S/C21H18N4/c1-3-19-21(16-8-5-4-6-9-16)25-18(10-7-11-20(25)22-19)13-12-17-14-15-24(2)23-17/h4-11,14-15H,3H2,1-2H3. The second-order valence-electron chi connectivity index (χ2n) is 5.86. The van der Waals surface area contributed by atoms with Crippen LogP contribution in [0.15, 0.2) is 60.8 Å². The molecule has 0 aliphatic heterocycles. The monoisotopic (exact) mass is 326 g/mol. The molecule has 1 aromatic carbocycles. The molecule has 0 aliphatic carbocycles. The van der Waals surface area contributed by atoms with Gasteiger partial charge in [-0.25, -0.2) is 4.98 Å². The number of fused-ring (bicyclic) bond motifs is 1. The van der Waals surface area contributed by atoms with Crippen molar-refractivity contribution in [2.75, 3.05) is 0 Å². The summed E-state index contributed by atoms with van der Waals surface area (Å²) in [5, 5.41) is 4.33. The fourth-order valence-electron chi connectivity index (χ4n) is 2.99. The van der Waals surface area contributed by atoms with Crippen LogP contribution in [-0.4, -0.2) is 19.2 Å². The summed E-state index contributed by atoms with van der Waals surface area (Å²) in [5.41, 5.74) is 5.94. The van der Waals surface area contributed by atoms with E-state index in [4.69, 9.17) is 4.98 Å². The summed E-state index contributed by atoms with van der Waals surface area (Å²) in [5.74, 6) is 6.41. The molecule has 4 rings (SSSR count). The van der Waals surface area contributed by atoms with Crippen molar-refractivity contribution in [3.05, 3.63) is 77.9 Å². The van der Waals surface area contributed by atoms with Gasteiger partial charge in [-0.15, -0.1) is 0 Å². The minimum absolute atomic E-state index is 0.761. The minimum atomic E-state index is 0.761. The Kier molecular flexibility index (Phi) is 3.83. The lowest BCUT2D eigenvalue weighted by Gasteiger charge is -2.06. The molecule has 0 amide bonds. The first-order chi connectivity index (χ1) is 12.3. The van der Waals surface area contributed by atoms with E-state index in [2.05, 4.69) is 52.5 Å². The molecule has 0 unspecified atom stereocenters. The Morgan fingerprint density at radius 1 is 0.960 bits per heavy atom. The molecule has 0 saturated carbocycles. The van der Waals surface area contributed by atoms with Crippen molar-refractivity contribution in [1.29, 1.82) is 0 Å². The van der Waals surface area contributed by atoms with E-state index in [1.165, 1.54) is 0 Å². The molecule has 3 heterocycles. The van der Waals surface area contributed by atoms with Crippen LogP contribution in [0.25, 0.3) is 16.9 Å². The zero-order chi connectivity index (χ0) is 17.2. The summed E-state index contributed by atoms with van der Waals surface area (Å²) in [6.07, 6.45) is 2.77. The second-order valence-corrected chi connectivity index (χ2v) is 5.86. The van der Waals surface area contributed by atoms with Crippen molar-refractivity contribution in [3.63, 3.8) is 0 Å².